The minimum atomic E-state index is 0.824. The Morgan fingerprint density at radius 2 is 0.786 bits per heavy atom. The zero-order chi connectivity index (χ0) is 10.5. The van der Waals surface area contributed by atoms with Gasteiger partial charge in [-0.2, -0.15) is 0 Å². The van der Waals surface area contributed by atoms with Crippen LogP contribution in [0.25, 0.3) is 0 Å². The minimum absolute atomic E-state index is 0.824. The van der Waals surface area contributed by atoms with Gasteiger partial charge in [-0.3, -0.25) is 0 Å². The van der Waals surface area contributed by atoms with E-state index in [9.17, 15) is 0 Å². The van der Waals surface area contributed by atoms with Gasteiger partial charge < -0.3 is 11.5 Å². The van der Waals surface area contributed by atoms with Crippen LogP contribution in [-0.2, 0) is 0 Å². The highest BCUT2D eigenvalue weighted by Gasteiger charge is 1.83. The van der Waals surface area contributed by atoms with Gasteiger partial charge in [-0.05, 0) is 25.9 Å². The standard InChI is InChI=1S/C6H16N2.C6H6/c7-5-3-1-2-4-6-8;1-2-4-6-5-3-1/h1-8H2;1-6H. The molecule has 0 aliphatic carbocycles. The SMILES string of the molecule is NCCCCCCN.c1ccccc1. The number of unbranched alkanes of at least 4 members (excludes halogenated alkanes) is 3. The first-order valence-corrected chi connectivity index (χ1v) is 5.32. The molecule has 0 saturated carbocycles. The molecule has 0 aromatic heterocycles. The van der Waals surface area contributed by atoms with Crippen LogP contribution in [-0.4, -0.2) is 13.1 Å². The molecule has 1 aromatic rings. The highest BCUT2D eigenvalue weighted by molar-refractivity contribution is 4.99. The van der Waals surface area contributed by atoms with Gasteiger partial charge in [0.2, 0.25) is 0 Å². The van der Waals surface area contributed by atoms with Crippen molar-refractivity contribution in [3.8, 4) is 0 Å². The third-order valence-corrected chi connectivity index (χ3v) is 1.82. The van der Waals surface area contributed by atoms with Crippen LogP contribution in [0.2, 0.25) is 0 Å². The molecule has 0 aliphatic heterocycles. The van der Waals surface area contributed by atoms with Crippen LogP contribution in [0.15, 0.2) is 36.4 Å². The Labute approximate surface area is 87.3 Å². The average molecular weight is 194 g/mol. The van der Waals surface area contributed by atoms with Crippen molar-refractivity contribution < 1.29 is 0 Å². The fraction of sp³-hybridized carbons (Fsp3) is 0.500. The lowest BCUT2D eigenvalue weighted by Gasteiger charge is -1.94. The molecule has 14 heavy (non-hydrogen) atoms. The third kappa shape index (κ3) is 11.1. The molecule has 1 rings (SSSR count). The van der Waals surface area contributed by atoms with Crippen molar-refractivity contribution in [1.82, 2.24) is 0 Å². The van der Waals surface area contributed by atoms with Crippen LogP contribution in [0.5, 0.6) is 0 Å². The zero-order valence-electron chi connectivity index (χ0n) is 8.86. The molecular formula is C12H22N2. The third-order valence-electron chi connectivity index (χ3n) is 1.82. The number of hydrogen-bond donors (Lipinski definition) is 2. The summed E-state index contributed by atoms with van der Waals surface area (Å²) in [5.74, 6) is 0. The topological polar surface area (TPSA) is 52.0 Å². The Kier molecular flexibility index (Phi) is 11.4. The van der Waals surface area contributed by atoms with Crippen molar-refractivity contribution in [3.05, 3.63) is 36.4 Å². The summed E-state index contributed by atoms with van der Waals surface area (Å²) in [6.45, 7) is 1.65. The molecule has 0 unspecified atom stereocenters. The Bertz CT molecular complexity index is 142. The molecule has 1 aromatic carbocycles. The van der Waals surface area contributed by atoms with Crippen molar-refractivity contribution >= 4 is 0 Å². The predicted molar refractivity (Wildman–Crippen MR) is 63.0 cm³/mol. The molecule has 0 heterocycles. The molecule has 0 radical (unpaired) electrons. The summed E-state index contributed by atoms with van der Waals surface area (Å²) in [7, 11) is 0. The van der Waals surface area contributed by atoms with Gasteiger partial charge in [0.15, 0.2) is 0 Å². The lowest BCUT2D eigenvalue weighted by molar-refractivity contribution is 0.653. The van der Waals surface area contributed by atoms with E-state index in [1.165, 1.54) is 12.8 Å². The molecule has 80 valence electrons. The summed E-state index contributed by atoms with van der Waals surface area (Å²) >= 11 is 0. The second kappa shape index (κ2) is 12.1. The second-order valence-corrected chi connectivity index (χ2v) is 3.15. The fourth-order valence-electron chi connectivity index (χ4n) is 1.03. The molecular weight excluding hydrogens is 172 g/mol. The first-order chi connectivity index (χ1) is 6.91. The molecule has 0 aliphatic rings. The molecule has 4 N–H and O–H groups in total. The van der Waals surface area contributed by atoms with E-state index in [1.54, 1.807) is 0 Å². The van der Waals surface area contributed by atoms with Gasteiger partial charge in [0.1, 0.15) is 0 Å². The van der Waals surface area contributed by atoms with Crippen LogP contribution in [0.4, 0.5) is 0 Å². The van der Waals surface area contributed by atoms with E-state index in [0.29, 0.717) is 0 Å². The van der Waals surface area contributed by atoms with Crippen LogP contribution in [0.3, 0.4) is 0 Å². The number of hydrogen-bond acceptors (Lipinski definition) is 2. The summed E-state index contributed by atoms with van der Waals surface area (Å²) in [5.41, 5.74) is 10.6. The highest BCUT2D eigenvalue weighted by Crippen LogP contribution is 1.95. The maximum atomic E-state index is 5.28. The maximum Gasteiger partial charge on any atom is -0.00773 e. The van der Waals surface area contributed by atoms with E-state index in [4.69, 9.17) is 11.5 Å². The van der Waals surface area contributed by atoms with Gasteiger partial charge in [0.25, 0.3) is 0 Å². The van der Waals surface area contributed by atoms with Gasteiger partial charge in [0.05, 0.1) is 0 Å². The molecule has 0 saturated heterocycles. The molecule has 2 nitrogen and oxygen atoms in total. The van der Waals surface area contributed by atoms with Crippen LogP contribution >= 0.6 is 0 Å². The Balaban J connectivity index is 0.000000249. The van der Waals surface area contributed by atoms with Gasteiger partial charge >= 0.3 is 0 Å². The average Bonchev–Trinajstić information content (AvgIpc) is 2.28. The van der Waals surface area contributed by atoms with E-state index in [-0.39, 0.29) is 0 Å². The van der Waals surface area contributed by atoms with Gasteiger partial charge in [-0.15, -0.1) is 0 Å². The first-order valence-electron chi connectivity index (χ1n) is 5.32. The number of benzene rings is 1. The Hall–Kier alpha value is -0.860. The molecule has 0 spiro atoms. The van der Waals surface area contributed by atoms with Crippen LogP contribution in [0, 0.1) is 0 Å². The lowest BCUT2D eigenvalue weighted by Crippen LogP contribution is -2.00. The van der Waals surface area contributed by atoms with E-state index in [2.05, 4.69) is 0 Å². The lowest BCUT2D eigenvalue weighted by atomic mass is 10.2. The maximum absolute atomic E-state index is 5.28. The summed E-state index contributed by atoms with van der Waals surface area (Å²) in [6.07, 6.45) is 4.79. The summed E-state index contributed by atoms with van der Waals surface area (Å²) in [6, 6.07) is 12.0. The Morgan fingerprint density at radius 3 is 1.00 bits per heavy atom. The van der Waals surface area contributed by atoms with Crippen molar-refractivity contribution in [1.29, 1.82) is 0 Å². The van der Waals surface area contributed by atoms with Gasteiger partial charge in [-0.25, -0.2) is 0 Å². The van der Waals surface area contributed by atoms with E-state index in [1.807, 2.05) is 36.4 Å². The zero-order valence-corrected chi connectivity index (χ0v) is 8.86. The molecule has 0 fully saturated rings. The molecule has 0 atom stereocenters. The Morgan fingerprint density at radius 1 is 0.500 bits per heavy atom. The summed E-state index contributed by atoms with van der Waals surface area (Å²) in [5, 5.41) is 0. The quantitative estimate of drug-likeness (QED) is 0.706. The van der Waals surface area contributed by atoms with E-state index >= 15 is 0 Å². The predicted octanol–water partition coefficient (Wildman–Crippen LogP) is 2.15. The highest BCUT2D eigenvalue weighted by atomic mass is 14.5. The molecule has 0 amide bonds. The second-order valence-electron chi connectivity index (χ2n) is 3.15. The largest absolute Gasteiger partial charge is 0.330 e. The van der Waals surface area contributed by atoms with Crippen molar-refractivity contribution in [2.75, 3.05) is 13.1 Å². The van der Waals surface area contributed by atoms with E-state index < -0.39 is 0 Å². The minimum Gasteiger partial charge on any atom is -0.330 e. The number of rotatable bonds is 5. The monoisotopic (exact) mass is 194 g/mol. The number of nitrogens with two attached hydrogens (primary N) is 2. The molecule has 0 bridgehead atoms. The summed E-state index contributed by atoms with van der Waals surface area (Å²) < 4.78 is 0. The van der Waals surface area contributed by atoms with Gasteiger partial charge in [-0.1, -0.05) is 49.2 Å². The van der Waals surface area contributed by atoms with Crippen LogP contribution < -0.4 is 11.5 Å². The fourth-order valence-corrected chi connectivity index (χ4v) is 1.03. The summed E-state index contributed by atoms with van der Waals surface area (Å²) in [4.78, 5) is 0. The van der Waals surface area contributed by atoms with Crippen LogP contribution in [0.1, 0.15) is 25.7 Å². The van der Waals surface area contributed by atoms with Crippen molar-refractivity contribution in [2.24, 2.45) is 11.5 Å². The first kappa shape index (κ1) is 13.1. The smallest absolute Gasteiger partial charge is 0.00773 e. The normalized spacial score (nSPS) is 9.00. The molecule has 2 heteroatoms. The van der Waals surface area contributed by atoms with E-state index in [0.717, 1.165) is 25.9 Å². The van der Waals surface area contributed by atoms with Gasteiger partial charge in [0, 0.05) is 0 Å². The van der Waals surface area contributed by atoms with Crippen molar-refractivity contribution in [3.63, 3.8) is 0 Å². The van der Waals surface area contributed by atoms with Crippen molar-refractivity contribution in [2.45, 2.75) is 25.7 Å².